The Kier molecular flexibility index (Phi) is 7.75. The third-order valence-corrected chi connectivity index (χ3v) is 2.35. The highest BCUT2D eigenvalue weighted by atomic mass is 16.4. The van der Waals surface area contributed by atoms with Gasteiger partial charge in [-0.3, -0.25) is 14.4 Å². The maximum absolute atomic E-state index is 11.3. The van der Waals surface area contributed by atoms with Crippen LogP contribution in [0.5, 0.6) is 0 Å². The van der Waals surface area contributed by atoms with Gasteiger partial charge in [0.1, 0.15) is 0 Å². The zero-order valence-corrected chi connectivity index (χ0v) is 10.3. The fourth-order valence-electron chi connectivity index (χ4n) is 1.31. The number of hydrogen-bond donors (Lipinski definition) is 3. The van der Waals surface area contributed by atoms with E-state index in [4.69, 9.17) is 5.11 Å². The standard InChI is InChI=1S/C11H20N2O4/c1-3-9(6-11(16)17)7-13-10(15)4-5-12-8(2)14/h9H,3-7H2,1-2H3,(H,12,14)(H,13,15)(H,16,17). The summed E-state index contributed by atoms with van der Waals surface area (Å²) < 4.78 is 0. The van der Waals surface area contributed by atoms with E-state index in [2.05, 4.69) is 10.6 Å². The number of carbonyl (C=O) groups is 3. The molecule has 98 valence electrons. The number of carbonyl (C=O) groups excluding carboxylic acids is 2. The Morgan fingerprint density at radius 2 is 1.88 bits per heavy atom. The molecule has 0 rings (SSSR count). The Morgan fingerprint density at radius 1 is 1.24 bits per heavy atom. The van der Waals surface area contributed by atoms with Gasteiger partial charge in [-0.05, 0) is 5.92 Å². The van der Waals surface area contributed by atoms with Crippen molar-refractivity contribution in [1.82, 2.24) is 10.6 Å². The van der Waals surface area contributed by atoms with Crippen molar-refractivity contribution >= 4 is 17.8 Å². The number of nitrogens with one attached hydrogen (secondary N) is 2. The van der Waals surface area contributed by atoms with Gasteiger partial charge in [-0.15, -0.1) is 0 Å². The van der Waals surface area contributed by atoms with Gasteiger partial charge >= 0.3 is 5.97 Å². The molecule has 0 radical (unpaired) electrons. The van der Waals surface area contributed by atoms with E-state index in [1.54, 1.807) is 0 Å². The van der Waals surface area contributed by atoms with Crippen molar-refractivity contribution < 1.29 is 19.5 Å². The summed E-state index contributed by atoms with van der Waals surface area (Å²) in [6, 6.07) is 0. The van der Waals surface area contributed by atoms with Crippen LogP contribution in [0.2, 0.25) is 0 Å². The molecule has 0 aliphatic carbocycles. The van der Waals surface area contributed by atoms with Crippen LogP contribution < -0.4 is 10.6 Å². The highest BCUT2D eigenvalue weighted by molar-refractivity contribution is 5.77. The predicted octanol–water partition coefficient (Wildman–Crippen LogP) is 0.130. The second-order valence-electron chi connectivity index (χ2n) is 3.91. The lowest BCUT2D eigenvalue weighted by molar-refractivity contribution is -0.138. The minimum absolute atomic E-state index is 0.0442. The fraction of sp³-hybridized carbons (Fsp3) is 0.727. The normalized spacial score (nSPS) is 11.6. The average Bonchev–Trinajstić information content (AvgIpc) is 2.23. The molecule has 0 bridgehead atoms. The van der Waals surface area contributed by atoms with Crippen LogP contribution in [-0.4, -0.2) is 36.0 Å². The minimum atomic E-state index is -0.857. The van der Waals surface area contributed by atoms with E-state index in [-0.39, 0.29) is 30.6 Å². The minimum Gasteiger partial charge on any atom is -0.481 e. The average molecular weight is 244 g/mol. The van der Waals surface area contributed by atoms with Crippen LogP contribution in [0.25, 0.3) is 0 Å². The molecule has 2 amide bonds. The van der Waals surface area contributed by atoms with E-state index in [1.807, 2.05) is 6.92 Å². The van der Waals surface area contributed by atoms with Gasteiger partial charge < -0.3 is 15.7 Å². The molecule has 0 aliphatic rings. The van der Waals surface area contributed by atoms with Crippen molar-refractivity contribution in [3.8, 4) is 0 Å². The molecule has 1 atom stereocenters. The van der Waals surface area contributed by atoms with Crippen LogP contribution >= 0.6 is 0 Å². The highest BCUT2D eigenvalue weighted by Crippen LogP contribution is 2.06. The fourth-order valence-corrected chi connectivity index (χ4v) is 1.31. The predicted molar refractivity (Wildman–Crippen MR) is 62.3 cm³/mol. The summed E-state index contributed by atoms with van der Waals surface area (Å²) in [7, 11) is 0. The Labute approximate surface area is 101 Å². The first-order valence-electron chi connectivity index (χ1n) is 5.68. The largest absolute Gasteiger partial charge is 0.481 e. The van der Waals surface area contributed by atoms with E-state index in [0.29, 0.717) is 19.5 Å². The lowest BCUT2D eigenvalue weighted by Gasteiger charge is -2.13. The lowest BCUT2D eigenvalue weighted by Crippen LogP contribution is -2.33. The molecule has 0 aromatic rings. The van der Waals surface area contributed by atoms with Crippen LogP contribution in [0, 0.1) is 5.92 Å². The molecule has 0 spiro atoms. The number of hydrogen-bond acceptors (Lipinski definition) is 3. The molecular formula is C11H20N2O4. The number of carboxylic acid groups (broad SMARTS) is 1. The molecule has 0 fully saturated rings. The van der Waals surface area contributed by atoms with E-state index >= 15 is 0 Å². The molecule has 0 heterocycles. The molecule has 17 heavy (non-hydrogen) atoms. The summed E-state index contributed by atoms with van der Waals surface area (Å²) in [5, 5.41) is 13.8. The van der Waals surface area contributed by atoms with Crippen molar-refractivity contribution in [2.75, 3.05) is 13.1 Å². The zero-order chi connectivity index (χ0) is 13.3. The first-order valence-corrected chi connectivity index (χ1v) is 5.68. The van der Waals surface area contributed by atoms with Gasteiger partial charge in [0, 0.05) is 32.9 Å². The van der Waals surface area contributed by atoms with Crippen molar-refractivity contribution in [3.05, 3.63) is 0 Å². The Hall–Kier alpha value is -1.59. The van der Waals surface area contributed by atoms with Gasteiger partial charge in [0.2, 0.25) is 11.8 Å². The zero-order valence-electron chi connectivity index (χ0n) is 10.3. The lowest BCUT2D eigenvalue weighted by atomic mass is 10.0. The van der Waals surface area contributed by atoms with Crippen LogP contribution in [-0.2, 0) is 14.4 Å². The summed E-state index contributed by atoms with van der Waals surface area (Å²) >= 11 is 0. The number of amides is 2. The molecule has 6 nitrogen and oxygen atoms in total. The van der Waals surface area contributed by atoms with Crippen LogP contribution in [0.1, 0.15) is 33.1 Å². The topological polar surface area (TPSA) is 95.5 Å². The second kappa shape index (κ2) is 8.55. The molecular weight excluding hydrogens is 224 g/mol. The molecule has 3 N–H and O–H groups in total. The van der Waals surface area contributed by atoms with Gasteiger partial charge in [-0.25, -0.2) is 0 Å². The summed E-state index contributed by atoms with van der Waals surface area (Å²) in [5.74, 6) is -1.25. The van der Waals surface area contributed by atoms with Gasteiger partial charge in [0.25, 0.3) is 0 Å². The Balaban J connectivity index is 3.73. The van der Waals surface area contributed by atoms with Crippen LogP contribution in [0.3, 0.4) is 0 Å². The molecule has 0 aliphatic heterocycles. The van der Waals surface area contributed by atoms with Crippen LogP contribution in [0.15, 0.2) is 0 Å². The van der Waals surface area contributed by atoms with E-state index < -0.39 is 5.97 Å². The monoisotopic (exact) mass is 244 g/mol. The Bertz CT molecular complexity index is 279. The summed E-state index contributed by atoms with van der Waals surface area (Å²) in [6.45, 7) is 3.94. The number of rotatable bonds is 8. The molecule has 0 saturated heterocycles. The molecule has 0 aromatic heterocycles. The van der Waals surface area contributed by atoms with E-state index in [9.17, 15) is 14.4 Å². The molecule has 6 heteroatoms. The summed E-state index contributed by atoms with van der Waals surface area (Å²) in [5.41, 5.74) is 0. The highest BCUT2D eigenvalue weighted by Gasteiger charge is 2.12. The first-order chi connectivity index (χ1) is 7.95. The quantitative estimate of drug-likeness (QED) is 0.565. The van der Waals surface area contributed by atoms with Gasteiger partial charge in [0.15, 0.2) is 0 Å². The van der Waals surface area contributed by atoms with E-state index in [1.165, 1.54) is 6.92 Å². The number of carboxylic acids is 1. The smallest absolute Gasteiger partial charge is 0.303 e. The van der Waals surface area contributed by atoms with Crippen molar-refractivity contribution in [1.29, 1.82) is 0 Å². The van der Waals surface area contributed by atoms with Crippen molar-refractivity contribution in [3.63, 3.8) is 0 Å². The van der Waals surface area contributed by atoms with Crippen molar-refractivity contribution in [2.24, 2.45) is 5.92 Å². The number of aliphatic carboxylic acids is 1. The van der Waals surface area contributed by atoms with Gasteiger partial charge in [-0.1, -0.05) is 13.3 Å². The summed E-state index contributed by atoms with van der Waals surface area (Å²) in [4.78, 5) is 32.4. The molecule has 0 aromatic carbocycles. The van der Waals surface area contributed by atoms with Crippen molar-refractivity contribution in [2.45, 2.75) is 33.1 Å². The van der Waals surface area contributed by atoms with Crippen LogP contribution in [0.4, 0.5) is 0 Å². The SMILES string of the molecule is CCC(CNC(=O)CCNC(C)=O)CC(=O)O. The van der Waals surface area contributed by atoms with Gasteiger partial charge in [0.05, 0.1) is 0 Å². The first kappa shape index (κ1) is 15.4. The molecule has 0 saturated carbocycles. The second-order valence-corrected chi connectivity index (χ2v) is 3.91. The van der Waals surface area contributed by atoms with E-state index in [0.717, 1.165) is 0 Å². The third kappa shape index (κ3) is 9.35. The maximum Gasteiger partial charge on any atom is 0.303 e. The maximum atomic E-state index is 11.3. The third-order valence-electron chi connectivity index (χ3n) is 2.35. The molecule has 1 unspecified atom stereocenters. The summed E-state index contributed by atoms with van der Waals surface area (Å²) in [6.07, 6.45) is 0.976. The Morgan fingerprint density at radius 3 is 2.35 bits per heavy atom. The van der Waals surface area contributed by atoms with Gasteiger partial charge in [-0.2, -0.15) is 0 Å².